The lowest BCUT2D eigenvalue weighted by Gasteiger charge is -2.30. The molecule has 0 saturated carbocycles. The Kier molecular flexibility index (Phi) is 4.04. The number of rotatable bonds is 3. The fourth-order valence-electron chi connectivity index (χ4n) is 2.25. The van der Waals surface area contributed by atoms with E-state index in [1.165, 1.54) is 4.31 Å². The van der Waals surface area contributed by atoms with Crippen molar-refractivity contribution in [1.29, 1.82) is 0 Å². The molecule has 0 radical (unpaired) electrons. The molecule has 0 amide bonds. The van der Waals surface area contributed by atoms with E-state index in [1.54, 1.807) is 19.2 Å². The van der Waals surface area contributed by atoms with Crippen LogP contribution in [0.15, 0.2) is 29.2 Å². The van der Waals surface area contributed by atoms with Crippen LogP contribution in [-0.4, -0.2) is 39.0 Å². The van der Waals surface area contributed by atoms with E-state index in [1.807, 2.05) is 19.1 Å². The van der Waals surface area contributed by atoms with E-state index in [-0.39, 0.29) is 6.04 Å². The average molecular weight is 269 g/mol. The van der Waals surface area contributed by atoms with Gasteiger partial charge in [-0.3, -0.25) is 0 Å². The zero-order chi connectivity index (χ0) is 13.2. The van der Waals surface area contributed by atoms with E-state index in [2.05, 4.69) is 0 Å². The summed E-state index contributed by atoms with van der Waals surface area (Å²) in [6, 6.07) is 7.15. The van der Waals surface area contributed by atoms with Crippen molar-refractivity contribution in [2.45, 2.75) is 30.7 Å². The first kappa shape index (κ1) is 13.5. The van der Waals surface area contributed by atoms with Gasteiger partial charge >= 0.3 is 0 Å². The normalized spacial score (nSPS) is 18.2. The highest BCUT2D eigenvalue weighted by atomic mass is 32.2. The molecule has 1 aromatic carbocycles. The zero-order valence-electron chi connectivity index (χ0n) is 10.8. The maximum atomic E-state index is 12.5. The first-order chi connectivity index (χ1) is 8.53. The molecule has 1 fully saturated rings. The van der Waals surface area contributed by atoms with Gasteiger partial charge in [-0.05, 0) is 31.4 Å². The molecule has 100 valence electrons. The van der Waals surface area contributed by atoms with Crippen molar-refractivity contribution >= 4 is 10.0 Å². The summed E-state index contributed by atoms with van der Waals surface area (Å²) in [5.41, 5.74) is 0.788. The van der Waals surface area contributed by atoms with Crippen LogP contribution in [-0.2, 0) is 14.8 Å². The Morgan fingerprint density at radius 1 is 1.22 bits per heavy atom. The number of aryl methyl sites for hydroxylation is 1. The number of sulfonamides is 1. The summed E-state index contributed by atoms with van der Waals surface area (Å²) >= 11 is 0. The van der Waals surface area contributed by atoms with Crippen molar-refractivity contribution in [3.8, 4) is 0 Å². The Labute approximate surface area is 109 Å². The first-order valence-electron chi connectivity index (χ1n) is 6.15. The minimum absolute atomic E-state index is 0.0448. The fourth-order valence-corrected chi connectivity index (χ4v) is 3.89. The summed E-state index contributed by atoms with van der Waals surface area (Å²) in [7, 11) is -1.73. The highest BCUT2D eigenvalue weighted by Crippen LogP contribution is 2.23. The van der Waals surface area contributed by atoms with Crippen LogP contribution in [0, 0.1) is 6.92 Å². The van der Waals surface area contributed by atoms with Crippen molar-refractivity contribution < 1.29 is 13.2 Å². The molecular formula is C13H19NO3S. The number of hydrogen-bond acceptors (Lipinski definition) is 3. The van der Waals surface area contributed by atoms with E-state index >= 15 is 0 Å². The van der Waals surface area contributed by atoms with Crippen LogP contribution in [0.4, 0.5) is 0 Å². The lowest BCUT2D eigenvalue weighted by molar-refractivity contribution is 0.0632. The molecule has 5 heteroatoms. The molecule has 0 unspecified atom stereocenters. The quantitative estimate of drug-likeness (QED) is 0.840. The monoisotopic (exact) mass is 269 g/mol. The Balaban J connectivity index is 2.28. The molecule has 2 rings (SSSR count). The third kappa shape index (κ3) is 2.58. The Morgan fingerprint density at radius 2 is 1.83 bits per heavy atom. The molecule has 0 aliphatic carbocycles. The molecule has 1 saturated heterocycles. The largest absolute Gasteiger partial charge is 0.381 e. The van der Waals surface area contributed by atoms with Crippen LogP contribution in [0.2, 0.25) is 0 Å². The minimum Gasteiger partial charge on any atom is -0.381 e. The molecular weight excluding hydrogens is 250 g/mol. The maximum Gasteiger partial charge on any atom is 0.243 e. The summed E-state index contributed by atoms with van der Waals surface area (Å²) in [4.78, 5) is 0.402. The Bertz CT molecular complexity index is 507. The van der Waals surface area contributed by atoms with Crippen molar-refractivity contribution in [2.75, 3.05) is 20.3 Å². The van der Waals surface area contributed by atoms with Gasteiger partial charge in [0.05, 0.1) is 4.90 Å². The number of nitrogens with zero attached hydrogens (tertiary/aromatic N) is 1. The van der Waals surface area contributed by atoms with Gasteiger partial charge in [-0.15, -0.1) is 0 Å². The Morgan fingerprint density at radius 3 is 2.44 bits per heavy atom. The molecule has 1 aliphatic heterocycles. The van der Waals surface area contributed by atoms with Crippen LogP contribution in [0.5, 0.6) is 0 Å². The van der Waals surface area contributed by atoms with E-state index in [4.69, 9.17) is 4.74 Å². The molecule has 0 bridgehead atoms. The standard InChI is InChI=1S/C13H19NO3S/c1-11-5-3-4-6-13(11)18(15,16)14(2)12-7-9-17-10-8-12/h3-6,12H,7-10H2,1-2H3. The highest BCUT2D eigenvalue weighted by Gasteiger charge is 2.29. The third-order valence-corrected chi connectivity index (χ3v) is 5.53. The van der Waals surface area contributed by atoms with Crippen LogP contribution in [0.1, 0.15) is 18.4 Å². The lowest BCUT2D eigenvalue weighted by Crippen LogP contribution is -2.40. The van der Waals surface area contributed by atoms with Crippen molar-refractivity contribution in [1.82, 2.24) is 4.31 Å². The molecule has 1 aliphatic rings. The second-order valence-electron chi connectivity index (χ2n) is 4.63. The molecule has 18 heavy (non-hydrogen) atoms. The fraction of sp³-hybridized carbons (Fsp3) is 0.538. The predicted molar refractivity (Wildman–Crippen MR) is 70.0 cm³/mol. The number of ether oxygens (including phenoxy) is 1. The van der Waals surface area contributed by atoms with Gasteiger partial charge < -0.3 is 4.74 Å². The molecule has 1 aromatic rings. The van der Waals surface area contributed by atoms with Crippen LogP contribution in [0.25, 0.3) is 0 Å². The first-order valence-corrected chi connectivity index (χ1v) is 7.59. The lowest BCUT2D eigenvalue weighted by atomic mass is 10.1. The van der Waals surface area contributed by atoms with Gasteiger partial charge in [0.1, 0.15) is 0 Å². The van der Waals surface area contributed by atoms with Crippen LogP contribution >= 0.6 is 0 Å². The van der Waals surface area contributed by atoms with Gasteiger partial charge in [0.25, 0.3) is 0 Å². The predicted octanol–water partition coefficient (Wildman–Crippen LogP) is 1.79. The SMILES string of the molecule is Cc1ccccc1S(=O)(=O)N(C)C1CCOCC1. The van der Waals surface area contributed by atoms with Gasteiger partial charge in [-0.25, -0.2) is 8.42 Å². The average Bonchev–Trinajstić information content (AvgIpc) is 2.39. The topological polar surface area (TPSA) is 46.6 Å². The molecule has 0 atom stereocenters. The van der Waals surface area contributed by atoms with Crippen molar-refractivity contribution in [2.24, 2.45) is 0 Å². The summed E-state index contributed by atoms with van der Waals surface area (Å²) in [6.07, 6.45) is 1.53. The number of hydrogen-bond donors (Lipinski definition) is 0. The number of benzene rings is 1. The van der Waals surface area contributed by atoms with Crippen LogP contribution < -0.4 is 0 Å². The summed E-state index contributed by atoms with van der Waals surface area (Å²) in [6.45, 7) is 3.10. The molecule has 1 heterocycles. The van der Waals surface area contributed by atoms with E-state index in [0.29, 0.717) is 18.1 Å². The summed E-state index contributed by atoms with van der Waals surface area (Å²) in [5.74, 6) is 0. The minimum atomic E-state index is -3.39. The maximum absolute atomic E-state index is 12.5. The van der Waals surface area contributed by atoms with Gasteiger partial charge in [-0.1, -0.05) is 18.2 Å². The molecule has 0 N–H and O–H groups in total. The van der Waals surface area contributed by atoms with Crippen LogP contribution in [0.3, 0.4) is 0 Å². The van der Waals surface area contributed by atoms with Crippen molar-refractivity contribution in [3.63, 3.8) is 0 Å². The zero-order valence-corrected chi connectivity index (χ0v) is 11.6. The van der Waals surface area contributed by atoms with Gasteiger partial charge in [-0.2, -0.15) is 4.31 Å². The van der Waals surface area contributed by atoms with Gasteiger partial charge in [0.15, 0.2) is 0 Å². The van der Waals surface area contributed by atoms with E-state index in [9.17, 15) is 8.42 Å². The summed E-state index contributed by atoms with van der Waals surface area (Å²) in [5, 5.41) is 0. The highest BCUT2D eigenvalue weighted by molar-refractivity contribution is 7.89. The smallest absolute Gasteiger partial charge is 0.243 e. The second kappa shape index (κ2) is 5.38. The molecule has 4 nitrogen and oxygen atoms in total. The molecule has 0 spiro atoms. The second-order valence-corrected chi connectivity index (χ2v) is 6.60. The Hall–Kier alpha value is -0.910. The summed E-state index contributed by atoms with van der Waals surface area (Å²) < 4.78 is 31.8. The third-order valence-electron chi connectivity index (χ3n) is 3.46. The van der Waals surface area contributed by atoms with E-state index in [0.717, 1.165) is 18.4 Å². The van der Waals surface area contributed by atoms with Crippen molar-refractivity contribution in [3.05, 3.63) is 29.8 Å². The molecule has 0 aromatic heterocycles. The van der Waals surface area contributed by atoms with E-state index < -0.39 is 10.0 Å². The van der Waals surface area contributed by atoms with Gasteiger partial charge in [0.2, 0.25) is 10.0 Å². The van der Waals surface area contributed by atoms with Gasteiger partial charge in [0, 0.05) is 26.3 Å².